The summed E-state index contributed by atoms with van der Waals surface area (Å²) in [6.45, 7) is -0.875. The number of hydrogen-bond acceptors (Lipinski definition) is 5. The molecule has 0 N–H and O–H groups in total. The van der Waals surface area contributed by atoms with Gasteiger partial charge in [0.25, 0.3) is 5.91 Å². The van der Waals surface area contributed by atoms with Crippen LogP contribution in [0.1, 0.15) is 31.2 Å². The summed E-state index contributed by atoms with van der Waals surface area (Å²) in [5.41, 5.74) is 0.305. The lowest BCUT2D eigenvalue weighted by molar-refractivity contribution is -0.157. The zero-order valence-corrected chi connectivity index (χ0v) is 19.9. The zero-order chi connectivity index (χ0) is 24.5. The molecule has 34 heavy (non-hydrogen) atoms. The van der Waals surface area contributed by atoms with Gasteiger partial charge in [0.15, 0.2) is 12.4 Å². The van der Waals surface area contributed by atoms with Crippen molar-refractivity contribution in [2.75, 3.05) is 13.7 Å². The summed E-state index contributed by atoms with van der Waals surface area (Å²) in [5, 5.41) is 0.407. The van der Waals surface area contributed by atoms with Crippen LogP contribution in [-0.4, -0.2) is 45.3 Å². The first-order chi connectivity index (χ1) is 16.3. The highest BCUT2D eigenvalue weighted by molar-refractivity contribution is 6.31. The van der Waals surface area contributed by atoms with Crippen molar-refractivity contribution in [1.29, 1.82) is 0 Å². The molecule has 1 saturated carbocycles. The van der Waals surface area contributed by atoms with Crippen LogP contribution in [0, 0.1) is 0 Å². The molecule has 8 nitrogen and oxygen atoms in total. The van der Waals surface area contributed by atoms with Gasteiger partial charge in [0, 0.05) is 31.1 Å². The largest absolute Gasteiger partial charge is 0.454 e. The van der Waals surface area contributed by atoms with Gasteiger partial charge in [0.2, 0.25) is 0 Å². The van der Waals surface area contributed by atoms with Crippen molar-refractivity contribution in [3.8, 4) is 0 Å². The van der Waals surface area contributed by atoms with E-state index in [0.29, 0.717) is 34.5 Å². The fraction of sp³-hybridized carbons (Fsp3) is 0.360. The molecule has 0 spiro atoms. The van der Waals surface area contributed by atoms with Crippen LogP contribution in [0.3, 0.4) is 0 Å². The second-order valence-electron chi connectivity index (χ2n) is 8.50. The molecule has 1 heterocycles. The highest BCUT2D eigenvalue weighted by Crippen LogP contribution is 2.42. The Morgan fingerprint density at radius 1 is 1.06 bits per heavy atom. The van der Waals surface area contributed by atoms with E-state index in [9.17, 15) is 19.2 Å². The number of rotatable bonds is 6. The number of Topliss-reactive ketones (excluding diaryl/α,β-unsaturated/α-hetero) is 1. The maximum atomic E-state index is 13.2. The standard InChI is InChI=1S/C25H26ClN3O5/c1-27-19-11-5-6-12-20(19)29(24(27)33)15-23(32)34-16-22(31)28(2)25(14-8-7-13-21(25)30)17-9-3-4-10-18(17)26/h3-6,9-12H,7-8,13-16H2,1-2H3. The number of fused-ring (bicyclic) bond motifs is 1. The summed E-state index contributed by atoms with van der Waals surface area (Å²) in [4.78, 5) is 52.7. The third-order valence-corrected chi connectivity index (χ3v) is 6.94. The lowest BCUT2D eigenvalue weighted by Gasteiger charge is -2.43. The number of amides is 1. The first-order valence-corrected chi connectivity index (χ1v) is 11.5. The summed E-state index contributed by atoms with van der Waals surface area (Å²) in [6.07, 6.45) is 2.30. The number of hydrogen-bond donors (Lipinski definition) is 0. The van der Waals surface area contributed by atoms with E-state index < -0.39 is 24.0 Å². The molecule has 1 unspecified atom stereocenters. The van der Waals surface area contributed by atoms with E-state index in [1.54, 1.807) is 55.6 Å². The van der Waals surface area contributed by atoms with Gasteiger partial charge in [0.05, 0.1) is 11.0 Å². The molecule has 178 valence electrons. The lowest BCUT2D eigenvalue weighted by Crippen LogP contribution is -2.55. The van der Waals surface area contributed by atoms with Crippen LogP contribution in [0.25, 0.3) is 11.0 Å². The SMILES string of the molecule is CN(C(=O)COC(=O)Cn1c(=O)n(C)c2ccccc21)C1(c2ccccc2Cl)CCCCC1=O. The summed E-state index contributed by atoms with van der Waals surface area (Å²) < 4.78 is 7.99. The maximum Gasteiger partial charge on any atom is 0.329 e. The summed E-state index contributed by atoms with van der Waals surface area (Å²) in [7, 11) is 3.16. The molecule has 1 aliphatic carbocycles. The molecule has 9 heteroatoms. The highest BCUT2D eigenvalue weighted by atomic mass is 35.5. The summed E-state index contributed by atoms with van der Waals surface area (Å²) in [6, 6.07) is 14.1. The third-order valence-electron chi connectivity index (χ3n) is 6.62. The number of likely N-dealkylation sites (N-methyl/N-ethyl adjacent to an activating group) is 1. The second-order valence-corrected chi connectivity index (χ2v) is 8.91. The number of esters is 1. The van der Waals surface area contributed by atoms with Crippen LogP contribution in [0.2, 0.25) is 5.02 Å². The fourth-order valence-electron chi connectivity index (χ4n) is 4.77. The summed E-state index contributed by atoms with van der Waals surface area (Å²) >= 11 is 6.43. The van der Waals surface area contributed by atoms with Crippen molar-refractivity contribution in [2.45, 2.75) is 37.8 Å². The normalized spacial score (nSPS) is 18.1. The van der Waals surface area contributed by atoms with Crippen molar-refractivity contribution in [2.24, 2.45) is 7.05 Å². The first kappa shape index (κ1) is 23.8. The van der Waals surface area contributed by atoms with Gasteiger partial charge in [-0.2, -0.15) is 0 Å². The molecule has 1 aliphatic rings. The number of ether oxygens (including phenoxy) is 1. The number of aromatic nitrogens is 2. The van der Waals surface area contributed by atoms with E-state index in [0.717, 1.165) is 12.8 Å². The minimum atomic E-state index is -1.20. The molecule has 2 aromatic carbocycles. The van der Waals surface area contributed by atoms with Crippen LogP contribution < -0.4 is 5.69 Å². The van der Waals surface area contributed by atoms with Gasteiger partial charge < -0.3 is 9.64 Å². The van der Waals surface area contributed by atoms with Crippen LogP contribution >= 0.6 is 11.6 Å². The quantitative estimate of drug-likeness (QED) is 0.503. The van der Waals surface area contributed by atoms with Gasteiger partial charge in [-0.1, -0.05) is 41.9 Å². The molecular weight excluding hydrogens is 458 g/mol. The van der Waals surface area contributed by atoms with Crippen molar-refractivity contribution < 1.29 is 19.1 Å². The third kappa shape index (κ3) is 4.03. The van der Waals surface area contributed by atoms with E-state index in [2.05, 4.69) is 0 Å². The van der Waals surface area contributed by atoms with Gasteiger partial charge in [-0.3, -0.25) is 23.5 Å². The number of ketones is 1. The Morgan fingerprint density at radius 2 is 1.74 bits per heavy atom. The van der Waals surface area contributed by atoms with Gasteiger partial charge >= 0.3 is 11.7 Å². The molecule has 3 aromatic rings. The van der Waals surface area contributed by atoms with Crippen LogP contribution in [0.15, 0.2) is 53.3 Å². The van der Waals surface area contributed by atoms with E-state index in [4.69, 9.17) is 16.3 Å². The van der Waals surface area contributed by atoms with Crippen LogP contribution in [0.4, 0.5) is 0 Å². The average molecular weight is 484 g/mol. The molecule has 1 aromatic heterocycles. The summed E-state index contributed by atoms with van der Waals surface area (Å²) in [5.74, 6) is -1.33. The van der Waals surface area contributed by atoms with Crippen molar-refractivity contribution in [3.63, 3.8) is 0 Å². The molecule has 0 bridgehead atoms. The number of imidazole rings is 1. The topological polar surface area (TPSA) is 90.6 Å². The number of aryl methyl sites for hydroxylation is 1. The predicted octanol–water partition coefficient (Wildman–Crippen LogP) is 3.03. The van der Waals surface area contributed by atoms with Gasteiger partial charge in [-0.25, -0.2) is 4.79 Å². The van der Waals surface area contributed by atoms with Crippen LogP contribution in [0.5, 0.6) is 0 Å². The number of nitrogens with zero attached hydrogens (tertiary/aromatic N) is 3. The lowest BCUT2D eigenvalue weighted by atomic mass is 9.74. The minimum absolute atomic E-state index is 0.0867. The molecule has 0 saturated heterocycles. The average Bonchev–Trinajstić information content (AvgIpc) is 3.08. The van der Waals surface area contributed by atoms with Crippen molar-refractivity contribution in [3.05, 3.63) is 69.6 Å². The molecule has 4 rings (SSSR count). The fourth-order valence-corrected chi connectivity index (χ4v) is 5.06. The molecule has 1 atom stereocenters. The molecular formula is C25H26ClN3O5. The number of halogens is 1. The maximum absolute atomic E-state index is 13.2. The number of benzene rings is 2. The predicted molar refractivity (Wildman–Crippen MR) is 128 cm³/mol. The van der Waals surface area contributed by atoms with Crippen molar-refractivity contribution >= 4 is 40.3 Å². The second kappa shape index (κ2) is 9.46. The Balaban J connectivity index is 1.52. The zero-order valence-electron chi connectivity index (χ0n) is 19.1. The smallest absolute Gasteiger partial charge is 0.329 e. The Hall–Kier alpha value is -3.39. The van der Waals surface area contributed by atoms with Crippen LogP contribution in [-0.2, 0) is 38.3 Å². The molecule has 1 amide bonds. The van der Waals surface area contributed by atoms with Gasteiger partial charge in [-0.15, -0.1) is 0 Å². The van der Waals surface area contributed by atoms with Gasteiger partial charge in [0.1, 0.15) is 12.1 Å². The van der Waals surface area contributed by atoms with E-state index in [-0.39, 0.29) is 18.0 Å². The Bertz CT molecular complexity index is 1330. The highest BCUT2D eigenvalue weighted by Gasteiger charge is 2.48. The number of carbonyl (C=O) groups excluding carboxylic acids is 3. The molecule has 0 radical (unpaired) electrons. The Morgan fingerprint density at radius 3 is 2.44 bits per heavy atom. The molecule has 0 aliphatic heterocycles. The number of carbonyl (C=O) groups is 3. The molecule has 1 fully saturated rings. The monoisotopic (exact) mass is 483 g/mol. The van der Waals surface area contributed by atoms with E-state index >= 15 is 0 Å². The van der Waals surface area contributed by atoms with E-state index in [1.807, 2.05) is 0 Å². The van der Waals surface area contributed by atoms with Crippen molar-refractivity contribution in [1.82, 2.24) is 14.0 Å². The van der Waals surface area contributed by atoms with E-state index in [1.165, 1.54) is 21.1 Å². The minimum Gasteiger partial charge on any atom is -0.454 e. The Labute approximate surface area is 201 Å². The van der Waals surface area contributed by atoms with Gasteiger partial charge in [-0.05, 0) is 37.5 Å². The number of para-hydroxylation sites is 2. The first-order valence-electron chi connectivity index (χ1n) is 11.1. The Kier molecular flexibility index (Phi) is 6.61.